The highest BCUT2D eigenvalue weighted by atomic mass is 35.5. The van der Waals surface area contributed by atoms with E-state index in [2.05, 4.69) is 0 Å². The molecule has 2 N–H and O–H groups in total. The van der Waals surface area contributed by atoms with Crippen LogP contribution in [0.4, 0.5) is 0 Å². The second-order valence-electron chi connectivity index (χ2n) is 4.43. The third-order valence-corrected chi connectivity index (χ3v) is 3.01. The van der Waals surface area contributed by atoms with E-state index in [-0.39, 0.29) is 24.3 Å². The molecule has 0 bridgehead atoms. The van der Waals surface area contributed by atoms with Crippen LogP contribution in [0, 0.1) is 5.92 Å². The molecule has 5 heteroatoms. The molecule has 1 fully saturated rings. The van der Waals surface area contributed by atoms with Crippen molar-refractivity contribution in [3.05, 3.63) is 35.9 Å². The zero-order chi connectivity index (χ0) is 12.1. The molecule has 0 aliphatic carbocycles. The van der Waals surface area contributed by atoms with Crippen LogP contribution in [-0.4, -0.2) is 24.1 Å². The minimum atomic E-state index is -0.135. The predicted octanol–water partition coefficient (Wildman–Crippen LogP) is 1.74. The fourth-order valence-corrected chi connectivity index (χ4v) is 2.05. The number of rotatable bonds is 3. The number of nitrogens with two attached hydrogens (primary N) is 1. The number of benzene rings is 1. The molecule has 0 aromatic heterocycles. The van der Waals surface area contributed by atoms with Gasteiger partial charge in [0, 0.05) is 13.1 Å². The number of hydrazine groups is 1. The lowest BCUT2D eigenvalue weighted by Gasteiger charge is -2.27. The van der Waals surface area contributed by atoms with Crippen molar-refractivity contribution in [2.75, 3.05) is 13.1 Å². The van der Waals surface area contributed by atoms with Crippen molar-refractivity contribution in [2.45, 2.75) is 19.4 Å². The Hall–Kier alpha value is -1.10. The molecule has 0 unspecified atom stereocenters. The summed E-state index contributed by atoms with van der Waals surface area (Å²) in [5.41, 5.74) is 1.02. The highest BCUT2D eigenvalue weighted by Gasteiger charge is 2.25. The zero-order valence-corrected chi connectivity index (χ0v) is 11.1. The van der Waals surface area contributed by atoms with Gasteiger partial charge in [-0.2, -0.15) is 0 Å². The first-order chi connectivity index (χ1) is 8.25. The third kappa shape index (κ3) is 4.29. The molecule has 1 aromatic rings. The Bertz CT molecular complexity index is 373. The van der Waals surface area contributed by atoms with Gasteiger partial charge in [-0.05, 0) is 18.4 Å². The van der Waals surface area contributed by atoms with Gasteiger partial charge in [-0.15, -0.1) is 12.4 Å². The van der Waals surface area contributed by atoms with E-state index >= 15 is 0 Å². The molecule has 1 atom stereocenters. The van der Waals surface area contributed by atoms with Crippen LogP contribution in [0.1, 0.15) is 18.4 Å². The third-order valence-electron chi connectivity index (χ3n) is 3.01. The minimum absolute atomic E-state index is 0. The molecular formula is C13H19ClN2O2. The predicted molar refractivity (Wildman–Crippen MR) is 72.0 cm³/mol. The maximum absolute atomic E-state index is 11.8. The van der Waals surface area contributed by atoms with Crippen LogP contribution >= 0.6 is 12.4 Å². The molecule has 1 saturated heterocycles. The number of carbonyl (C=O) groups excluding carboxylic acids is 1. The van der Waals surface area contributed by atoms with Gasteiger partial charge in [0.2, 0.25) is 0 Å². The first-order valence-corrected chi connectivity index (χ1v) is 5.96. The standard InChI is InChI=1S/C13H18N2O2.ClH/c14-15-8-4-7-12(9-15)13(16)17-10-11-5-2-1-3-6-11;/h1-3,5-6,12H,4,7-10,14H2;1H/t12-;/m0./s1. The first kappa shape index (κ1) is 15.0. The lowest BCUT2D eigenvalue weighted by atomic mass is 9.99. The average Bonchev–Trinajstić information content (AvgIpc) is 2.37. The zero-order valence-electron chi connectivity index (χ0n) is 10.2. The van der Waals surface area contributed by atoms with Gasteiger partial charge in [0.15, 0.2) is 0 Å². The summed E-state index contributed by atoms with van der Waals surface area (Å²) in [6.45, 7) is 1.82. The SMILES string of the molecule is Cl.NN1CCC[C@H](C(=O)OCc2ccccc2)C1. The van der Waals surface area contributed by atoms with E-state index in [0.717, 1.165) is 24.9 Å². The molecular weight excluding hydrogens is 252 g/mol. The second-order valence-corrected chi connectivity index (χ2v) is 4.43. The van der Waals surface area contributed by atoms with Gasteiger partial charge in [0.05, 0.1) is 5.92 Å². The van der Waals surface area contributed by atoms with Gasteiger partial charge in [-0.1, -0.05) is 30.3 Å². The maximum atomic E-state index is 11.8. The number of hydrogen-bond donors (Lipinski definition) is 1. The first-order valence-electron chi connectivity index (χ1n) is 5.96. The number of esters is 1. The summed E-state index contributed by atoms with van der Waals surface area (Å²) >= 11 is 0. The number of piperidine rings is 1. The van der Waals surface area contributed by atoms with Crippen molar-refractivity contribution < 1.29 is 9.53 Å². The summed E-state index contributed by atoms with van der Waals surface area (Å²) in [4.78, 5) is 11.8. The van der Waals surface area contributed by atoms with Crippen LogP contribution in [0.2, 0.25) is 0 Å². The van der Waals surface area contributed by atoms with Gasteiger partial charge in [-0.3, -0.25) is 10.6 Å². The van der Waals surface area contributed by atoms with Crippen LogP contribution in [0.25, 0.3) is 0 Å². The van der Waals surface area contributed by atoms with Crippen LogP contribution in [-0.2, 0) is 16.1 Å². The van der Waals surface area contributed by atoms with Gasteiger partial charge < -0.3 is 4.74 Å². The van der Waals surface area contributed by atoms with Crippen molar-refractivity contribution in [3.8, 4) is 0 Å². The Morgan fingerprint density at radius 1 is 1.39 bits per heavy atom. The normalized spacial score (nSPS) is 19.9. The van der Waals surface area contributed by atoms with E-state index in [4.69, 9.17) is 10.6 Å². The van der Waals surface area contributed by atoms with Crippen LogP contribution in [0.15, 0.2) is 30.3 Å². The van der Waals surface area contributed by atoms with E-state index in [0.29, 0.717) is 13.2 Å². The summed E-state index contributed by atoms with van der Waals surface area (Å²) in [6.07, 6.45) is 1.84. The van der Waals surface area contributed by atoms with Gasteiger partial charge in [0.25, 0.3) is 0 Å². The summed E-state index contributed by atoms with van der Waals surface area (Å²) < 4.78 is 5.29. The summed E-state index contributed by atoms with van der Waals surface area (Å²) in [5.74, 6) is 5.49. The Labute approximate surface area is 113 Å². The molecule has 1 aliphatic heterocycles. The van der Waals surface area contributed by atoms with E-state index in [1.807, 2.05) is 30.3 Å². The summed E-state index contributed by atoms with van der Waals surface area (Å²) in [5, 5.41) is 1.69. The molecule has 18 heavy (non-hydrogen) atoms. The quantitative estimate of drug-likeness (QED) is 0.671. The largest absolute Gasteiger partial charge is 0.461 e. The van der Waals surface area contributed by atoms with Crippen LogP contribution < -0.4 is 5.84 Å². The van der Waals surface area contributed by atoms with Crippen molar-refractivity contribution in [1.29, 1.82) is 0 Å². The average molecular weight is 271 g/mol. The van der Waals surface area contributed by atoms with Crippen molar-refractivity contribution in [3.63, 3.8) is 0 Å². The van der Waals surface area contributed by atoms with Gasteiger partial charge in [-0.25, -0.2) is 5.01 Å². The molecule has 0 amide bonds. The summed E-state index contributed by atoms with van der Waals surface area (Å²) in [7, 11) is 0. The van der Waals surface area contributed by atoms with Crippen molar-refractivity contribution in [1.82, 2.24) is 5.01 Å². The number of halogens is 1. The fraction of sp³-hybridized carbons (Fsp3) is 0.462. The highest BCUT2D eigenvalue weighted by molar-refractivity contribution is 5.85. The molecule has 2 rings (SSSR count). The molecule has 4 nitrogen and oxygen atoms in total. The number of carbonyl (C=O) groups is 1. The Morgan fingerprint density at radius 2 is 2.11 bits per heavy atom. The summed E-state index contributed by atoms with van der Waals surface area (Å²) in [6, 6.07) is 9.71. The lowest BCUT2D eigenvalue weighted by Crippen LogP contribution is -2.43. The number of nitrogens with zero attached hydrogens (tertiary/aromatic N) is 1. The maximum Gasteiger partial charge on any atom is 0.310 e. The van der Waals surface area contributed by atoms with Gasteiger partial charge >= 0.3 is 5.97 Å². The fourth-order valence-electron chi connectivity index (χ4n) is 2.05. The Morgan fingerprint density at radius 3 is 2.78 bits per heavy atom. The minimum Gasteiger partial charge on any atom is -0.461 e. The van der Waals surface area contributed by atoms with Crippen LogP contribution in [0.3, 0.4) is 0 Å². The number of hydrogen-bond acceptors (Lipinski definition) is 4. The van der Waals surface area contributed by atoms with Crippen molar-refractivity contribution >= 4 is 18.4 Å². The highest BCUT2D eigenvalue weighted by Crippen LogP contribution is 2.16. The van der Waals surface area contributed by atoms with E-state index < -0.39 is 0 Å². The molecule has 0 saturated carbocycles. The monoisotopic (exact) mass is 270 g/mol. The topological polar surface area (TPSA) is 55.6 Å². The van der Waals surface area contributed by atoms with Crippen molar-refractivity contribution in [2.24, 2.45) is 11.8 Å². The molecule has 1 heterocycles. The number of ether oxygens (including phenoxy) is 1. The molecule has 100 valence electrons. The van der Waals surface area contributed by atoms with E-state index in [9.17, 15) is 4.79 Å². The van der Waals surface area contributed by atoms with E-state index in [1.165, 1.54) is 0 Å². The smallest absolute Gasteiger partial charge is 0.310 e. The lowest BCUT2D eigenvalue weighted by molar-refractivity contribution is -0.151. The second kappa shape index (κ2) is 7.36. The molecule has 1 aliphatic rings. The molecule has 1 aromatic carbocycles. The molecule has 0 radical (unpaired) electrons. The van der Waals surface area contributed by atoms with Gasteiger partial charge in [0.1, 0.15) is 6.61 Å². The van der Waals surface area contributed by atoms with E-state index in [1.54, 1.807) is 5.01 Å². The van der Waals surface area contributed by atoms with Crippen LogP contribution in [0.5, 0.6) is 0 Å². The molecule has 0 spiro atoms. The Balaban J connectivity index is 0.00000162. The Kier molecular flexibility index (Phi) is 6.12.